The third kappa shape index (κ3) is 4.48. The Kier molecular flexibility index (Phi) is 6.19. The fraction of sp³-hybridized carbons (Fsp3) is 0.143. The van der Waals surface area contributed by atoms with Crippen molar-refractivity contribution in [2.24, 2.45) is 0 Å². The van der Waals surface area contributed by atoms with Crippen molar-refractivity contribution in [3.8, 4) is 11.8 Å². The molecule has 1 heterocycles. The fourth-order valence-corrected chi connectivity index (χ4v) is 4.04. The number of nitrogens with zero attached hydrogens (tertiary/aromatic N) is 2. The molecule has 4 aromatic rings. The number of carbonyl (C=O) groups is 1. The first kappa shape index (κ1) is 21.1. The minimum absolute atomic E-state index is 0.222. The Hall–Kier alpha value is -4.10. The van der Waals surface area contributed by atoms with Crippen LogP contribution in [-0.4, -0.2) is 10.5 Å². The normalized spacial score (nSPS) is 11.5. The van der Waals surface area contributed by atoms with Gasteiger partial charge in [-0.3, -0.25) is 4.79 Å². The van der Waals surface area contributed by atoms with Gasteiger partial charge in [0.15, 0.2) is 0 Å². The van der Waals surface area contributed by atoms with Gasteiger partial charge in [-0.05, 0) is 49.1 Å². The molecule has 0 saturated heterocycles. The van der Waals surface area contributed by atoms with Gasteiger partial charge >= 0.3 is 0 Å². The molecule has 4 heteroatoms. The first-order valence-electron chi connectivity index (χ1n) is 10.7. The summed E-state index contributed by atoms with van der Waals surface area (Å²) in [7, 11) is 0. The van der Waals surface area contributed by atoms with Crippen LogP contribution in [-0.2, 0) is 6.42 Å². The van der Waals surface area contributed by atoms with E-state index in [1.807, 2.05) is 79.1 Å². The van der Waals surface area contributed by atoms with Crippen molar-refractivity contribution in [2.75, 3.05) is 0 Å². The van der Waals surface area contributed by atoms with Crippen molar-refractivity contribution in [1.29, 1.82) is 5.26 Å². The second-order valence-electron chi connectivity index (χ2n) is 7.98. The molecule has 0 bridgehead atoms. The largest absolute Gasteiger partial charge is 0.344 e. The number of aromatic nitrogens is 1. The minimum Gasteiger partial charge on any atom is -0.344 e. The second-order valence-corrected chi connectivity index (χ2v) is 7.98. The third-order valence-electron chi connectivity index (χ3n) is 5.62. The quantitative estimate of drug-likeness (QED) is 0.437. The summed E-state index contributed by atoms with van der Waals surface area (Å²) in [5, 5.41) is 12.9. The fourth-order valence-electron chi connectivity index (χ4n) is 4.04. The van der Waals surface area contributed by atoms with E-state index in [0.717, 1.165) is 27.9 Å². The van der Waals surface area contributed by atoms with Crippen LogP contribution >= 0.6 is 0 Å². The molecule has 0 aliphatic heterocycles. The summed E-state index contributed by atoms with van der Waals surface area (Å²) in [6.07, 6.45) is 2.45. The standard InChI is InChI=1S/C28H25N3O/c1-20-13-14-26(21(2)17-20)31-16-15-24(19-29)27(31)28(32)30-25(23-11-7-4-8-12-23)18-22-9-5-3-6-10-22/h3-17,25H,18H2,1-2H3,(H,30,32). The molecule has 0 saturated carbocycles. The van der Waals surface area contributed by atoms with E-state index in [1.165, 1.54) is 0 Å². The molecule has 0 aliphatic rings. The van der Waals surface area contributed by atoms with Gasteiger partial charge in [0.25, 0.3) is 5.91 Å². The molecule has 4 nitrogen and oxygen atoms in total. The maximum atomic E-state index is 13.5. The van der Waals surface area contributed by atoms with E-state index in [4.69, 9.17) is 0 Å². The average Bonchev–Trinajstić information content (AvgIpc) is 3.24. The molecule has 158 valence electrons. The highest BCUT2D eigenvalue weighted by Gasteiger charge is 2.23. The van der Waals surface area contributed by atoms with Gasteiger partial charge in [-0.2, -0.15) is 5.26 Å². The minimum atomic E-state index is -0.267. The first-order valence-corrected chi connectivity index (χ1v) is 10.7. The van der Waals surface area contributed by atoms with Crippen LogP contribution in [0.4, 0.5) is 0 Å². The molecule has 3 aromatic carbocycles. The zero-order valence-electron chi connectivity index (χ0n) is 18.2. The van der Waals surface area contributed by atoms with Gasteiger partial charge in [-0.15, -0.1) is 0 Å². The molecule has 0 fully saturated rings. The summed E-state index contributed by atoms with van der Waals surface area (Å²) >= 11 is 0. The van der Waals surface area contributed by atoms with Crippen molar-refractivity contribution in [3.63, 3.8) is 0 Å². The summed E-state index contributed by atoms with van der Waals surface area (Å²) in [6.45, 7) is 4.05. The Morgan fingerprint density at radius 2 is 1.66 bits per heavy atom. The van der Waals surface area contributed by atoms with Gasteiger partial charge in [-0.1, -0.05) is 78.4 Å². The van der Waals surface area contributed by atoms with Gasteiger partial charge in [0.2, 0.25) is 0 Å². The molecule has 0 radical (unpaired) electrons. The number of benzene rings is 3. The Balaban J connectivity index is 1.71. The second kappa shape index (κ2) is 9.36. The first-order chi connectivity index (χ1) is 15.6. The Labute approximate surface area is 188 Å². The summed E-state index contributed by atoms with van der Waals surface area (Å²) in [6, 6.07) is 29.8. The van der Waals surface area contributed by atoms with E-state index >= 15 is 0 Å². The van der Waals surface area contributed by atoms with E-state index < -0.39 is 0 Å². The lowest BCUT2D eigenvalue weighted by Gasteiger charge is -2.21. The molecule has 1 atom stereocenters. The van der Waals surface area contributed by atoms with Crippen molar-refractivity contribution < 1.29 is 4.79 Å². The molecule has 1 aromatic heterocycles. The topological polar surface area (TPSA) is 57.8 Å². The van der Waals surface area contributed by atoms with E-state index in [2.05, 4.69) is 29.6 Å². The molecule has 0 aliphatic carbocycles. The molecule has 4 rings (SSSR count). The van der Waals surface area contributed by atoms with Crippen LogP contribution in [0.15, 0.2) is 91.1 Å². The van der Waals surface area contributed by atoms with Gasteiger partial charge in [0.05, 0.1) is 11.6 Å². The van der Waals surface area contributed by atoms with Crippen LogP contribution in [0.5, 0.6) is 0 Å². The highest BCUT2D eigenvalue weighted by atomic mass is 16.2. The Morgan fingerprint density at radius 3 is 2.31 bits per heavy atom. The van der Waals surface area contributed by atoms with Crippen LogP contribution in [0, 0.1) is 25.2 Å². The van der Waals surface area contributed by atoms with E-state index in [0.29, 0.717) is 17.7 Å². The Bertz CT molecular complexity index is 1270. The molecular formula is C28H25N3O. The van der Waals surface area contributed by atoms with Gasteiger partial charge in [0, 0.05) is 11.9 Å². The monoisotopic (exact) mass is 419 g/mol. The Morgan fingerprint density at radius 1 is 0.969 bits per heavy atom. The summed E-state index contributed by atoms with van der Waals surface area (Å²) in [5.74, 6) is -0.267. The summed E-state index contributed by atoms with van der Waals surface area (Å²) in [5.41, 5.74) is 5.95. The van der Waals surface area contributed by atoms with Crippen molar-refractivity contribution in [2.45, 2.75) is 26.3 Å². The van der Waals surface area contributed by atoms with Crippen LogP contribution in [0.25, 0.3) is 5.69 Å². The number of amides is 1. The zero-order valence-corrected chi connectivity index (χ0v) is 18.2. The summed E-state index contributed by atoms with van der Waals surface area (Å²) < 4.78 is 1.81. The maximum Gasteiger partial charge on any atom is 0.270 e. The average molecular weight is 420 g/mol. The zero-order chi connectivity index (χ0) is 22.5. The highest BCUT2D eigenvalue weighted by Crippen LogP contribution is 2.24. The molecule has 32 heavy (non-hydrogen) atoms. The van der Waals surface area contributed by atoms with Crippen molar-refractivity contribution >= 4 is 5.91 Å². The van der Waals surface area contributed by atoms with Crippen molar-refractivity contribution in [1.82, 2.24) is 9.88 Å². The summed E-state index contributed by atoms with van der Waals surface area (Å²) in [4.78, 5) is 13.5. The number of nitrogens with one attached hydrogen (secondary N) is 1. The predicted molar refractivity (Wildman–Crippen MR) is 127 cm³/mol. The number of hydrogen-bond donors (Lipinski definition) is 1. The number of carbonyl (C=O) groups excluding carboxylic acids is 1. The van der Waals surface area contributed by atoms with E-state index in [-0.39, 0.29) is 11.9 Å². The number of rotatable bonds is 6. The highest BCUT2D eigenvalue weighted by molar-refractivity contribution is 5.96. The lowest BCUT2D eigenvalue weighted by molar-refractivity contribution is 0.0929. The number of nitriles is 1. The van der Waals surface area contributed by atoms with Gasteiger partial charge in [-0.25, -0.2) is 0 Å². The van der Waals surface area contributed by atoms with Crippen LogP contribution in [0.2, 0.25) is 0 Å². The van der Waals surface area contributed by atoms with E-state index in [1.54, 1.807) is 12.3 Å². The van der Waals surface area contributed by atoms with Crippen LogP contribution in [0.3, 0.4) is 0 Å². The maximum absolute atomic E-state index is 13.5. The smallest absolute Gasteiger partial charge is 0.270 e. The van der Waals surface area contributed by atoms with Crippen LogP contribution in [0.1, 0.15) is 44.3 Å². The lowest BCUT2D eigenvalue weighted by Crippen LogP contribution is -2.32. The molecule has 1 unspecified atom stereocenters. The van der Waals surface area contributed by atoms with Crippen LogP contribution < -0.4 is 5.32 Å². The molecule has 0 spiro atoms. The number of hydrogen-bond acceptors (Lipinski definition) is 2. The molecular weight excluding hydrogens is 394 g/mol. The van der Waals surface area contributed by atoms with Gasteiger partial charge < -0.3 is 9.88 Å². The molecule has 1 N–H and O–H groups in total. The third-order valence-corrected chi connectivity index (χ3v) is 5.62. The molecule has 1 amide bonds. The number of aryl methyl sites for hydroxylation is 2. The SMILES string of the molecule is Cc1ccc(-n2ccc(C#N)c2C(=O)NC(Cc2ccccc2)c2ccccc2)c(C)c1. The van der Waals surface area contributed by atoms with Gasteiger partial charge in [0.1, 0.15) is 11.8 Å². The predicted octanol–water partition coefficient (Wildman–Crippen LogP) is 5.68. The lowest BCUT2D eigenvalue weighted by atomic mass is 9.98. The van der Waals surface area contributed by atoms with Crippen molar-refractivity contribution in [3.05, 3.63) is 125 Å². The van der Waals surface area contributed by atoms with E-state index in [9.17, 15) is 10.1 Å².